The van der Waals surface area contributed by atoms with Gasteiger partial charge in [-0.3, -0.25) is 4.79 Å². The number of nitrogens with one attached hydrogen (secondary N) is 1. The number of carbonyl (C=O) groups excluding carboxylic acids is 1. The fourth-order valence-electron chi connectivity index (χ4n) is 1.75. The summed E-state index contributed by atoms with van der Waals surface area (Å²) in [5.41, 5.74) is 2.46. The molecule has 1 rings (SSSR count). The zero-order chi connectivity index (χ0) is 13.6. The molecule has 1 amide bonds. The highest BCUT2D eigenvalue weighted by molar-refractivity contribution is 5.76. The summed E-state index contributed by atoms with van der Waals surface area (Å²) in [6.07, 6.45) is 3.02. The Kier molecular flexibility index (Phi) is 5.14. The van der Waals surface area contributed by atoms with Crippen LogP contribution in [0, 0.1) is 6.92 Å². The van der Waals surface area contributed by atoms with E-state index in [1.165, 1.54) is 11.1 Å². The van der Waals surface area contributed by atoms with Crippen molar-refractivity contribution in [1.29, 1.82) is 0 Å². The van der Waals surface area contributed by atoms with Gasteiger partial charge in [0.1, 0.15) is 0 Å². The van der Waals surface area contributed by atoms with Gasteiger partial charge in [0.2, 0.25) is 5.91 Å². The molecule has 0 heterocycles. The van der Waals surface area contributed by atoms with Crippen molar-refractivity contribution >= 4 is 5.91 Å². The molecule has 0 spiro atoms. The summed E-state index contributed by atoms with van der Waals surface area (Å²) in [5.74, 6) is 0.0927. The van der Waals surface area contributed by atoms with Gasteiger partial charge in [-0.1, -0.05) is 49.8 Å². The molecule has 2 nitrogen and oxygen atoms in total. The van der Waals surface area contributed by atoms with Gasteiger partial charge < -0.3 is 5.32 Å². The lowest BCUT2D eigenvalue weighted by molar-refractivity contribution is -0.121. The molecule has 0 bridgehead atoms. The van der Waals surface area contributed by atoms with Crippen LogP contribution in [0.15, 0.2) is 36.9 Å². The lowest BCUT2D eigenvalue weighted by atomic mass is 9.84. The Bertz CT molecular complexity index is 404. The topological polar surface area (TPSA) is 29.1 Å². The number of benzene rings is 1. The van der Waals surface area contributed by atoms with Crippen molar-refractivity contribution in [2.45, 2.75) is 39.0 Å². The minimum Gasteiger partial charge on any atom is -0.355 e. The zero-order valence-electron chi connectivity index (χ0n) is 11.6. The van der Waals surface area contributed by atoms with Crippen molar-refractivity contribution in [2.24, 2.45) is 0 Å². The maximum absolute atomic E-state index is 11.6. The summed E-state index contributed by atoms with van der Waals surface area (Å²) in [7, 11) is 0. The first-order valence-corrected chi connectivity index (χ1v) is 6.40. The second kappa shape index (κ2) is 6.39. The normalized spacial score (nSPS) is 11.1. The first-order valence-electron chi connectivity index (χ1n) is 6.40. The monoisotopic (exact) mass is 245 g/mol. The molecule has 0 unspecified atom stereocenters. The molecule has 0 saturated carbocycles. The van der Waals surface area contributed by atoms with Gasteiger partial charge in [0, 0.05) is 18.4 Å². The van der Waals surface area contributed by atoms with Gasteiger partial charge >= 0.3 is 0 Å². The molecule has 2 heteroatoms. The number of hydrogen-bond donors (Lipinski definition) is 1. The molecule has 1 aromatic rings. The van der Waals surface area contributed by atoms with E-state index < -0.39 is 0 Å². The van der Waals surface area contributed by atoms with Gasteiger partial charge in [0.25, 0.3) is 0 Å². The lowest BCUT2D eigenvalue weighted by Crippen LogP contribution is -2.36. The molecule has 98 valence electrons. The summed E-state index contributed by atoms with van der Waals surface area (Å²) in [5, 5.41) is 2.98. The van der Waals surface area contributed by atoms with E-state index in [0.29, 0.717) is 13.0 Å². The maximum atomic E-state index is 11.6. The number of amides is 1. The van der Waals surface area contributed by atoms with E-state index in [-0.39, 0.29) is 11.3 Å². The zero-order valence-corrected chi connectivity index (χ0v) is 11.6. The number of rotatable bonds is 6. The second-order valence-corrected chi connectivity index (χ2v) is 5.35. The van der Waals surface area contributed by atoms with Gasteiger partial charge in [-0.2, -0.15) is 0 Å². The van der Waals surface area contributed by atoms with Crippen molar-refractivity contribution in [1.82, 2.24) is 5.32 Å². The van der Waals surface area contributed by atoms with Crippen LogP contribution in [0.2, 0.25) is 0 Å². The smallest absolute Gasteiger partial charge is 0.220 e. The van der Waals surface area contributed by atoms with Crippen LogP contribution in [0.25, 0.3) is 0 Å². The predicted molar refractivity (Wildman–Crippen MR) is 76.6 cm³/mol. The first kappa shape index (κ1) is 14.5. The molecule has 0 aromatic heterocycles. The van der Waals surface area contributed by atoms with Crippen LogP contribution in [-0.4, -0.2) is 12.5 Å². The van der Waals surface area contributed by atoms with Crippen LogP contribution in [0.1, 0.15) is 37.8 Å². The third kappa shape index (κ3) is 4.36. The third-order valence-corrected chi connectivity index (χ3v) is 3.14. The van der Waals surface area contributed by atoms with E-state index in [2.05, 4.69) is 56.9 Å². The first-order chi connectivity index (χ1) is 8.45. The van der Waals surface area contributed by atoms with Gasteiger partial charge in [-0.05, 0) is 18.9 Å². The van der Waals surface area contributed by atoms with E-state index >= 15 is 0 Å². The molecule has 0 aliphatic carbocycles. The molecule has 1 aromatic carbocycles. The highest BCUT2D eigenvalue weighted by Crippen LogP contribution is 2.22. The Morgan fingerprint density at radius 3 is 2.50 bits per heavy atom. The molecule has 0 aliphatic heterocycles. The Labute approximate surface area is 110 Å². The Morgan fingerprint density at radius 1 is 1.33 bits per heavy atom. The molecular weight excluding hydrogens is 222 g/mol. The SMILES string of the molecule is C=CCCC(=O)NCC(C)(C)c1ccc(C)cc1. The Balaban J connectivity index is 2.56. The lowest BCUT2D eigenvalue weighted by Gasteiger charge is -2.25. The molecular formula is C16H23NO. The van der Waals surface area contributed by atoms with Crippen molar-refractivity contribution in [3.05, 3.63) is 48.0 Å². The maximum Gasteiger partial charge on any atom is 0.220 e. The van der Waals surface area contributed by atoms with Crippen molar-refractivity contribution in [3.63, 3.8) is 0 Å². The van der Waals surface area contributed by atoms with Crippen LogP contribution < -0.4 is 5.32 Å². The predicted octanol–water partition coefficient (Wildman–Crippen LogP) is 3.36. The minimum absolute atomic E-state index is 0.0441. The van der Waals surface area contributed by atoms with Crippen molar-refractivity contribution in [3.8, 4) is 0 Å². The van der Waals surface area contributed by atoms with Crippen molar-refractivity contribution < 1.29 is 4.79 Å². The Hall–Kier alpha value is -1.57. The van der Waals surface area contributed by atoms with Crippen LogP contribution in [0.3, 0.4) is 0 Å². The minimum atomic E-state index is -0.0441. The summed E-state index contributed by atoms with van der Waals surface area (Å²) in [4.78, 5) is 11.6. The average Bonchev–Trinajstić information content (AvgIpc) is 2.34. The van der Waals surface area contributed by atoms with Gasteiger partial charge in [-0.25, -0.2) is 0 Å². The number of hydrogen-bond acceptors (Lipinski definition) is 1. The van der Waals surface area contributed by atoms with Crippen LogP contribution in [-0.2, 0) is 10.2 Å². The molecule has 0 atom stereocenters. The van der Waals surface area contributed by atoms with E-state index in [9.17, 15) is 4.79 Å². The summed E-state index contributed by atoms with van der Waals surface area (Å²) >= 11 is 0. The second-order valence-electron chi connectivity index (χ2n) is 5.35. The molecule has 18 heavy (non-hydrogen) atoms. The summed E-state index contributed by atoms with van der Waals surface area (Å²) in [6, 6.07) is 8.48. The molecule has 0 aliphatic rings. The molecule has 0 saturated heterocycles. The largest absolute Gasteiger partial charge is 0.355 e. The van der Waals surface area contributed by atoms with Gasteiger partial charge in [-0.15, -0.1) is 6.58 Å². The van der Waals surface area contributed by atoms with Crippen molar-refractivity contribution in [2.75, 3.05) is 6.54 Å². The van der Waals surface area contributed by atoms with Gasteiger partial charge in [0.15, 0.2) is 0 Å². The number of aryl methyl sites for hydroxylation is 1. The summed E-state index contributed by atoms with van der Waals surface area (Å²) in [6.45, 7) is 10.6. The van der Waals surface area contributed by atoms with Crippen LogP contribution >= 0.6 is 0 Å². The van der Waals surface area contributed by atoms with E-state index in [0.717, 1.165) is 6.42 Å². The summed E-state index contributed by atoms with van der Waals surface area (Å²) < 4.78 is 0. The Morgan fingerprint density at radius 2 is 1.94 bits per heavy atom. The fourth-order valence-corrected chi connectivity index (χ4v) is 1.75. The molecule has 0 fully saturated rings. The molecule has 0 radical (unpaired) electrons. The van der Waals surface area contributed by atoms with Gasteiger partial charge in [0.05, 0.1) is 0 Å². The quantitative estimate of drug-likeness (QED) is 0.765. The standard InChI is InChI=1S/C16H23NO/c1-5-6-7-15(18)17-12-16(3,4)14-10-8-13(2)9-11-14/h5,8-11H,1,6-7,12H2,2-4H3,(H,17,18). The average molecular weight is 245 g/mol. The highest BCUT2D eigenvalue weighted by atomic mass is 16.1. The fraction of sp³-hybridized carbons (Fsp3) is 0.438. The molecule has 1 N–H and O–H groups in total. The number of carbonyl (C=O) groups is 1. The van der Waals surface area contributed by atoms with Crippen LogP contribution in [0.4, 0.5) is 0 Å². The van der Waals surface area contributed by atoms with Crippen LogP contribution in [0.5, 0.6) is 0 Å². The van der Waals surface area contributed by atoms with E-state index in [1.54, 1.807) is 6.08 Å². The highest BCUT2D eigenvalue weighted by Gasteiger charge is 2.20. The van der Waals surface area contributed by atoms with E-state index in [1.807, 2.05) is 0 Å². The number of allylic oxidation sites excluding steroid dienone is 1. The van der Waals surface area contributed by atoms with E-state index in [4.69, 9.17) is 0 Å². The third-order valence-electron chi connectivity index (χ3n) is 3.14.